The molecule has 0 aromatic carbocycles. The van der Waals surface area contributed by atoms with Crippen LogP contribution in [0.4, 0.5) is 24.7 Å². The van der Waals surface area contributed by atoms with Crippen molar-refractivity contribution in [3.05, 3.63) is 48.4 Å². The highest BCUT2D eigenvalue weighted by Crippen LogP contribution is 2.31. The first-order valence-corrected chi connectivity index (χ1v) is 7.47. The van der Waals surface area contributed by atoms with Gasteiger partial charge in [0.25, 0.3) is 0 Å². The van der Waals surface area contributed by atoms with Crippen LogP contribution in [0.25, 0.3) is 0 Å². The van der Waals surface area contributed by atoms with E-state index in [9.17, 15) is 13.2 Å². The number of nitrogens with zero attached hydrogens (tertiary/aromatic N) is 3. The van der Waals surface area contributed by atoms with Gasteiger partial charge in [-0.3, -0.25) is 4.98 Å². The molecular weight excluding hydrogens is 305 g/mol. The van der Waals surface area contributed by atoms with Gasteiger partial charge in [0.15, 0.2) is 0 Å². The number of pyridine rings is 2. The second-order valence-electron chi connectivity index (χ2n) is 5.55. The van der Waals surface area contributed by atoms with Gasteiger partial charge in [-0.25, -0.2) is 4.98 Å². The lowest BCUT2D eigenvalue weighted by molar-refractivity contribution is -0.137. The van der Waals surface area contributed by atoms with Crippen molar-refractivity contribution >= 4 is 11.5 Å². The minimum Gasteiger partial charge on any atom is -0.381 e. The molecule has 7 heteroatoms. The van der Waals surface area contributed by atoms with Gasteiger partial charge in [0, 0.05) is 37.7 Å². The van der Waals surface area contributed by atoms with E-state index < -0.39 is 11.7 Å². The fourth-order valence-corrected chi connectivity index (χ4v) is 2.70. The van der Waals surface area contributed by atoms with E-state index in [0.29, 0.717) is 24.9 Å². The van der Waals surface area contributed by atoms with E-state index >= 15 is 0 Å². The van der Waals surface area contributed by atoms with Crippen LogP contribution in [-0.2, 0) is 6.18 Å². The van der Waals surface area contributed by atoms with Gasteiger partial charge in [0.1, 0.15) is 5.82 Å². The first-order valence-electron chi connectivity index (χ1n) is 7.47. The molecule has 23 heavy (non-hydrogen) atoms. The van der Waals surface area contributed by atoms with Crippen molar-refractivity contribution in [2.24, 2.45) is 0 Å². The maximum Gasteiger partial charge on any atom is 0.416 e. The van der Waals surface area contributed by atoms with Crippen LogP contribution in [0.15, 0.2) is 42.9 Å². The molecule has 0 saturated carbocycles. The number of alkyl halides is 3. The molecule has 1 aliphatic heterocycles. The van der Waals surface area contributed by atoms with Gasteiger partial charge < -0.3 is 10.2 Å². The van der Waals surface area contributed by atoms with Crippen LogP contribution in [0, 0.1) is 0 Å². The fourth-order valence-electron chi connectivity index (χ4n) is 2.70. The summed E-state index contributed by atoms with van der Waals surface area (Å²) in [5.74, 6) is 0.389. The van der Waals surface area contributed by atoms with Crippen LogP contribution >= 0.6 is 0 Å². The smallest absolute Gasteiger partial charge is 0.381 e. The summed E-state index contributed by atoms with van der Waals surface area (Å²) in [7, 11) is 0. The van der Waals surface area contributed by atoms with Crippen molar-refractivity contribution in [2.75, 3.05) is 23.3 Å². The van der Waals surface area contributed by atoms with Crippen molar-refractivity contribution in [3.63, 3.8) is 0 Å². The molecule has 0 radical (unpaired) electrons. The number of piperidine rings is 1. The van der Waals surface area contributed by atoms with Gasteiger partial charge in [-0.15, -0.1) is 0 Å². The number of rotatable bonds is 3. The zero-order chi connectivity index (χ0) is 16.3. The van der Waals surface area contributed by atoms with E-state index in [4.69, 9.17) is 0 Å². The molecule has 1 N–H and O–H groups in total. The van der Waals surface area contributed by atoms with Crippen LogP contribution in [0.2, 0.25) is 0 Å². The summed E-state index contributed by atoms with van der Waals surface area (Å²) in [6, 6.07) is 6.23. The van der Waals surface area contributed by atoms with Gasteiger partial charge in [-0.1, -0.05) is 0 Å². The van der Waals surface area contributed by atoms with Gasteiger partial charge in [-0.2, -0.15) is 13.2 Å². The van der Waals surface area contributed by atoms with E-state index in [1.807, 2.05) is 17.0 Å². The molecule has 0 amide bonds. The lowest BCUT2D eigenvalue weighted by atomic mass is 10.0. The third kappa shape index (κ3) is 3.91. The highest BCUT2D eigenvalue weighted by molar-refractivity contribution is 5.44. The van der Waals surface area contributed by atoms with Gasteiger partial charge in [-0.05, 0) is 37.1 Å². The number of halogens is 3. The Morgan fingerprint density at radius 2 is 1.91 bits per heavy atom. The van der Waals surface area contributed by atoms with Gasteiger partial charge >= 0.3 is 6.18 Å². The van der Waals surface area contributed by atoms with E-state index in [0.717, 1.165) is 30.7 Å². The van der Waals surface area contributed by atoms with Crippen LogP contribution in [-0.4, -0.2) is 29.1 Å². The van der Waals surface area contributed by atoms with Crippen molar-refractivity contribution in [1.29, 1.82) is 0 Å². The monoisotopic (exact) mass is 322 g/mol. The minimum absolute atomic E-state index is 0.293. The summed E-state index contributed by atoms with van der Waals surface area (Å²) in [5.41, 5.74) is 0.307. The number of hydrogen-bond acceptors (Lipinski definition) is 4. The van der Waals surface area contributed by atoms with Crippen LogP contribution < -0.4 is 10.2 Å². The van der Waals surface area contributed by atoms with Crippen molar-refractivity contribution in [3.8, 4) is 0 Å². The van der Waals surface area contributed by atoms with Crippen molar-refractivity contribution < 1.29 is 13.2 Å². The molecule has 3 heterocycles. The largest absolute Gasteiger partial charge is 0.416 e. The Hall–Kier alpha value is -2.31. The van der Waals surface area contributed by atoms with E-state index in [1.54, 1.807) is 12.4 Å². The normalized spacial score (nSPS) is 16.4. The maximum absolute atomic E-state index is 12.8. The molecule has 1 aliphatic rings. The molecule has 2 aromatic heterocycles. The Kier molecular flexibility index (Phi) is 4.36. The molecule has 0 bridgehead atoms. The second-order valence-corrected chi connectivity index (χ2v) is 5.55. The summed E-state index contributed by atoms with van der Waals surface area (Å²) in [4.78, 5) is 10.0. The topological polar surface area (TPSA) is 41.1 Å². The summed E-state index contributed by atoms with van der Waals surface area (Å²) < 4.78 is 38.3. The Morgan fingerprint density at radius 3 is 2.57 bits per heavy atom. The highest BCUT2D eigenvalue weighted by Gasteiger charge is 2.31. The van der Waals surface area contributed by atoms with Gasteiger partial charge in [0.05, 0.1) is 11.3 Å². The molecule has 0 unspecified atom stereocenters. The SMILES string of the molecule is FC(F)(F)c1ccnc(N2CCC(Nc3cccnc3)CC2)c1. The molecule has 3 rings (SSSR count). The summed E-state index contributed by atoms with van der Waals surface area (Å²) in [5, 5.41) is 3.40. The average Bonchev–Trinajstić information content (AvgIpc) is 2.56. The number of aromatic nitrogens is 2. The van der Waals surface area contributed by atoms with Crippen molar-refractivity contribution in [1.82, 2.24) is 9.97 Å². The third-order valence-electron chi connectivity index (χ3n) is 3.92. The molecule has 4 nitrogen and oxygen atoms in total. The number of hydrogen-bond donors (Lipinski definition) is 1. The molecule has 1 saturated heterocycles. The molecule has 0 atom stereocenters. The van der Waals surface area contributed by atoms with Crippen LogP contribution in [0.3, 0.4) is 0 Å². The average molecular weight is 322 g/mol. The quantitative estimate of drug-likeness (QED) is 0.938. The van der Waals surface area contributed by atoms with Crippen LogP contribution in [0.5, 0.6) is 0 Å². The zero-order valence-electron chi connectivity index (χ0n) is 12.4. The van der Waals surface area contributed by atoms with Gasteiger partial charge in [0.2, 0.25) is 0 Å². The Labute approximate surface area is 132 Å². The summed E-state index contributed by atoms with van der Waals surface area (Å²) in [6.07, 6.45) is 2.05. The minimum atomic E-state index is -4.34. The zero-order valence-corrected chi connectivity index (χ0v) is 12.4. The standard InChI is InChI=1S/C16H17F3N4/c17-16(18,19)12-3-7-21-15(10-12)23-8-4-13(5-9-23)22-14-2-1-6-20-11-14/h1-3,6-7,10-11,13,22H,4-5,8-9H2. The van der Waals surface area contributed by atoms with E-state index in [-0.39, 0.29) is 0 Å². The Bertz CT molecular complexity index is 637. The number of nitrogens with one attached hydrogen (secondary N) is 1. The lowest BCUT2D eigenvalue weighted by Gasteiger charge is -2.33. The molecule has 1 fully saturated rings. The predicted octanol–water partition coefficient (Wildman–Crippen LogP) is 3.58. The lowest BCUT2D eigenvalue weighted by Crippen LogP contribution is -2.39. The molecule has 0 aliphatic carbocycles. The first-order chi connectivity index (χ1) is 11.0. The predicted molar refractivity (Wildman–Crippen MR) is 82.3 cm³/mol. The van der Waals surface area contributed by atoms with Crippen molar-refractivity contribution in [2.45, 2.75) is 25.1 Å². The summed E-state index contributed by atoms with van der Waals surface area (Å²) in [6.45, 7) is 1.35. The Morgan fingerprint density at radius 1 is 1.13 bits per heavy atom. The molecule has 2 aromatic rings. The fraction of sp³-hybridized carbons (Fsp3) is 0.375. The maximum atomic E-state index is 12.8. The van der Waals surface area contributed by atoms with Crippen LogP contribution in [0.1, 0.15) is 18.4 Å². The number of anilines is 2. The Balaban J connectivity index is 1.61. The molecule has 0 spiro atoms. The second kappa shape index (κ2) is 6.44. The molecule has 122 valence electrons. The summed E-state index contributed by atoms with van der Waals surface area (Å²) >= 11 is 0. The first kappa shape index (κ1) is 15.6. The highest BCUT2D eigenvalue weighted by atomic mass is 19.4. The third-order valence-corrected chi connectivity index (χ3v) is 3.92. The van der Waals surface area contributed by atoms with E-state index in [1.165, 1.54) is 6.20 Å². The van der Waals surface area contributed by atoms with E-state index in [2.05, 4.69) is 15.3 Å². The molecular formula is C16H17F3N4.